The highest BCUT2D eigenvalue weighted by Gasteiger charge is 2.22. The molecule has 1 aliphatic rings. The summed E-state index contributed by atoms with van der Waals surface area (Å²) in [5.41, 5.74) is 4.71. The highest BCUT2D eigenvalue weighted by Crippen LogP contribution is 2.20. The fourth-order valence-electron chi connectivity index (χ4n) is 4.60. The number of hydrogen-bond donors (Lipinski definition) is 0. The first-order chi connectivity index (χ1) is 16.3. The van der Waals surface area contributed by atoms with Gasteiger partial charge in [-0.05, 0) is 29.7 Å². The Labute approximate surface area is 195 Å². The maximum atomic E-state index is 12.7. The number of hydrogen-bond acceptors (Lipinski definition) is 3. The van der Waals surface area contributed by atoms with E-state index in [2.05, 4.69) is 70.1 Å². The van der Waals surface area contributed by atoms with Crippen LogP contribution in [-0.4, -0.2) is 51.4 Å². The number of fused-ring (bicyclic) bond motifs is 1. The third-order valence-corrected chi connectivity index (χ3v) is 6.48. The minimum Gasteiger partial charge on any atom is -0.340 e. The normalized spacial score (nSPS) is 14.6. The van der Waals surface area contributed by atoms with E-state index >= 15 is 0 Å². The van der Waals surface area contributed by atoms with Crippen molar-refractivity contribution in [2.24, 2.45) is 0 Å². The van der Waals surface area contributed by atoms with Gasteiger partial charge in [0.25, 0.3) is 0 Å². The van der Waals surface area contributed by atoms with E-state index in [0.29, 0.717) is 6.42 Å². The second-order valence-electron chi connectivity index (χ2n) is 8.73. The molecule has 168 valence electrons. The van der Waals surface area contributed by atoms with Crippen molar-refractivity contribution < 1.29 is 4.79 Å². The number of carbonyl (C=O) groups is 1. The van der Waals surface area contributed by atoms with E-state index in [9.17, 15) is 4.79 Å². The summed E-state index contributed by atoms with van der Waals surface area (Å²) in [6.45, 7) is 4.94. The first-order valence-electron chi connectivity index (χ1n) is 11.8. The highest BCUT2D eigenvalue weighted by molar-refractivity contribution is 5.77. The summed E-state index contributed by atoms with van der Waals surface area (Å²) < 4.78 is 2.34. The van der Waals surface area contributed by atoms with Crippen molar-refractivity contribution in [3.05, 3.63) is 102 Å². The van der Waals surface area contributed by atoms with Crippen molar-refractivity contribution in [3.8, 4) is 0 Å². The van der Waals surface area contributed by atoms with Crippen molar-refractivity contribution >= 4 is 16.9 Å². The van der Waals surface area contributed by atoms with Crippen molar-refractivity contribution in [3.63, 3.8) is 0 Å². The van der Waals surface area contributed by atoms with Crippen LogP contribution in [-0.2, 0) is 24.3 Å². The highest BCUT2D eigenvalue weighted by atomic mass is 16.2. The third kappa shape index (κ3) is 5.15. The fraction of sp³-hybridized carbons (Fsp3) is 0.286. The Bertz CT molecular complexity index is 1190. The van der Waals surface area contributed by atoms with E-state index < -0.39 is 0 Å². The standard InChI is InChI=1S/C28H30N4O/c33-28(16-15-23-9-3-1-4-10-23)31-19-17-30(18-20-31)22-27-29-25-13-7-8-14-26(25)32(27)21-24-11-5-2-6-12-24/h1-14H,15-22H2. The summed E-state index contributed by atoms with van der Waals surface area (Å²) in [7, 11) is 0. The molecule has 0 spiro atoms. The zero-order valence-electron chi connectivity index (χ0n) is 18.9. The molecule has 5 rings (SSSR count). The van der Waals surface area contributed by atoms with Gasteiger partial charge in [0.1, 0.15) is 5.82 Å². The van der Waals surface area contributed by atoms with Crippen LogP contribution in [0.1, 0.15) is 23.4 Å². The molecule has 1 fully saturated rings. The number of aryl methyl sites for hydroxylation is 1. The minimum atomic E-state index is 0.259. The fourth-order valence-corrected chi connectivity index (χ4v) is 4.60. The molecule has 1 aliphatic heterocycles. The van der Waals surface area contributed by atoms with Crippen LogP contribution in [0.3, 0.4) is 0 Å². The molecule has 0 atom stereocenters. The van der Waals surface area contributed by atoms with Crippen molar-refractivity contribution in [2.75, 3.05) is 26.2 Å². The van der Waals surface area contributed by atoms with Gasteiger partial charge in [0.15, 0.2) is 0 Å². The smallest absolute Gasteiger partial charge is 0.222 e. The number of amides is 1. The van der Waals surface area contributed by atoms with Crippen LogP contribution in [0.25, 0.3) is 11.0 Å². The second-order valence-corrected chi connectivity index (χ2v) is 8.73. The Morgan fingerprint density at radius 3 is 2.09 bits per heavy atom. The number of carbonyl (C=O) groups excluding carboxylic acids is 1. The summed E-state index contributed by atoms with van der Waals surface area (Å²) in [5, 5.41) is 0. The minimum absolute atomic E-state index is 0.259. The molecule has 1 saturated heterocycles. The molecule has 33 heavy (non-hydrogen) atoms. The van der Waals surface area contributed by atoms with Gasteiger partial charge < -0.3 is 9.47 Å². The number of piperazine rings is 1. The van der Waals surface area contributed by atoms with Gasteiger partial charge in [-0.3, -0.25) is 9.69 Å². The number of nitrogens with zero attached hydrogens (tertiary/aromatic N) is 4. The lowest BCUT2D eigenvalue weighted by atomic mass is 10.1. The Morgan fingerprint density at radius 1 is 0.727 bits per heavy atom. The Morgan fingerprint density at radius 2 is 1.36 bits per heavy atom. The average molecular weight is 439 g/mol. The maximum Gasteiger partial charge on any atom is 0.222 e. The number of para-hydroxylation sites is 2. The average Bonchev–Trinajstić information content (AvgIpc) is 3.21. The van der Waals surface area contributed by atoms with Gasteiger partial charge >= 0.3 is 0 Å². The van der Waals surface area contributed by atoms with Crippen molar-refractivity contribution in [1.82, 2.24) is 19.4 Å². The van der Waals surface area contributed by atoms with E-state index in [1.807, 2.05) is 29.2 Å². The van der Waals surface area contributed by atoms with Gasteiger partial charge in [0.2, 0.25) is 5.91 Å². The monoisotopic (exact) mass is 438 g/mol. The van der Waals surface area contributed by atoms with Gasteiger partial charge in [0.05, 0.1) is 17.6 Å². The maximum absolute atomic E-state index is 12.7. The quantitative estimate of drug-likeness (QED) is 0.431. The molecule has 0 saturated carbocycles. The Hall–Kier alpha value is -3.44. The van der Waals surface area contributed by atoms with Crippen LogP contribution in [0.4, 0.5) is 0 Å². The summed E-state index contributed by atoms with van der Waals surface area (Å²) in [4.78, 5) is 22.1. The van der Waals surface area contributed by atoms with Gasteiger partial charge in [0, 0.05) is 39.1 Å². The van der Waals surface area contributed by atoms with Crippen LogP contribution in [0, 0.1) is 0 Å². The van der Waals surface area contributed by atoms with Crippen LogP contribution < -0.4 is 0 Å². The predicted molar refractivity (Wildman–Crippen MR) is 132 cm³/mol. The first kappa shape index (κ1) is 21.4. The summed E-state index contributed by atoms with van der Waals surface area (Å²) in [5.74, 6) is 1.35. The second kappa shape index (κ2) is 10.0. The predicted octanol–water partition coefficient (Wildman–Crippen LogP) is 4.36. The molecule has 3 aromatic carbocycles. The molecule has 0 N–H and O–H groups in total. The summed E-state index contributed by atoms with van der Waals surface area (Å²) in [6.07, 6.45) is 1.39. The SMILES string of the molecule is O=C(CCc1ccccc1)N1CCN(Cc2nc3ccccc3n2Cc2ccccc2)CC1. The van der Waals surface area contributed by atoms with Crippen molar-refractivity contribution in [2.45, 2.75) is 25.9 Å². The van der Waals surface area contributed by atoms with Crippen LogP contribution >= 0.6 is 0 Å². The molecule has 0 unspecified atom stereocenters. The summed E-state index contributed by atoms with van der Waals surface area (Å²) >= 11 is 0. The molecular formula is C28H30N4O. The van der Waals surface area contributed by atoms with E-state index in [1.54, 1.807) is 0 Å². The lowest BCUT2D eigenvalue weighted by Crippen LogP contribution is -2.48. The number of aromatic nitrogens is 2. The van der Waals surface area contributed by atoms with Crippen LogP contribution in [0.5, 0.6) is 0 Å². The lowest BCUT2D eigenvalue weighted by Gasteiger charge is -2.34. The zero-order valence-corrected chi connectivity index (χ0v) is 18.9. The molecular weight excluding hydrogens is 408 g/mol. The topological polar surface area (TPSA) is 41.4 Å². The van der Waals surface area contributed by atoms with Crippen LogP contribution in [0.2, 0.25) is 0 Å². The van der Waals surface area contributed by atoms with E-state index in [4.69, 9.17) is 4.98 Å². The largest absolute Gasteiger partial charge is 0.340 e. The number of rotatable bonds is 7. The molecule has 1 amide bonds. The molecule has 1 aromatic heterocycles. The molecule has 5 nitrogen and oxygen atoms in total. The Kier molecular flexibility index (Phi) is 6.49. The molecule has 4 aromatic rings. The van der Waals surface area contributed by atoms with Gasteiger partial charge in [-0.1, -0.05) is 72.8 Å². The molecule has 0 bridgehead atoms. The molecule has 0 radical (unpaired) electrons. The Balaban J connectivity index is 1.22. The van der Waals surface area contributed by atoms with Crippen LogP contribution in [0.15, 0.2) is 84.9 Å². The van der Waals surface area contributed by atoms with E-state index in [-0.39, 0.29) is 5.91 Å². The van der Waals surface area contributed by atoms with E-state index in [0.717, 1.165) is 57.0 Å². The lowest BCUT2D eigenvalue weighted by molar-refractivity contribution is -0.133. The summed E-state index contributed by atoms with van der Waals surface area (Å²) in [6, 6.07) is 29.2. The first-order valence-corrected chi connectivity index (χ1v) is 11.8. The van der Waals surface area contributed by atoms with Gasteiger partial charge in [-0.25, -0.2) is 4.98 Å². The number of benzene rings is 3. The third-order valence-electron chi connectivity index (χ3n) is 6.48. The van der Waals surface area contributed by atoms with Crippen molar-refractivity contribution in [1.29, 1.82) is 0 Å². The van der Waals surface area contributed by atoms with E-state index in [1.165, 1.54) is 16.6 Å². The molecule has 5 heteroatoms. The van der Waals surface area contributed by atoms with Gasteiger partial charge in [-0.2, -0.15) is 0 Å². The number of imidazole rings is 1. The van der Waals surface area contributed by atoms with Gasteiger partial charge in [-0.15, -0.1) is 0 Å². The zero-order chi connectivity index (χ0) is 22.5. The molecule has 0 aliphatic carbocycles. The molecule has 2 heterocycles.